The quantitative estimate of drug-likeness (QED) is 0.531. The Morgan fingerprint density at radius 3 is 2.34 bits per heavy atom. The van der Waals surface area contributed by atoms with E-state index >= 15 is 0 Å². The molecule has 1 saturated heterocycles. The highest BCUT2D eigenvalue weighted by molar-refractivity contribution is 5.58. The minimum atomic E-state index is -0.656. The molecule has 1 fully saturated rings. The number of hydrogen-bond donors (Lipinski definition) is 0. The summed E-state index contributed by atoms with van der Waals surface area (Å²) in [5, 5.41) is 0. The van der Waals surface area contributed by atoms with Gasteiger partial charge in [-0.15, -0.1) is 0 Å². The maximum absolute atomic E-state index is 13.7. The minimum absolute atomic E-state index is 0.260. The summed E-state index contributed by atoms with van der Waals surface area (Å²) in [4.78, 5) is 31.6. The molecule has 0 N–H and O–H groups in total. The van der Waals surface area contributed by atoms with Crippen molar-refractivity contribution in [1.29, 1.82) is 0 Å². The zero-order valence-corrected chi connectivity index (χ0v) is 20.1. The van der Waals surface area contributed by atoms with Gasteiger partial charge in [0, 0.05) is 43.5 Å². The van der Waals surface area contributed by atoms with Gasteiger partial charge in [-0.3, -0.25) is 0 Å². The molecule has 0 spiro atoms. The number of nitrogens with zero attached hydrogens (tertiary/aromatic N) is 5. The normalized spacial score (nSPS) is 21.0. The van der Waals surface area contributed by atoms with Crippen LogP contribution in [0.4, 0.5) is 10.1 Å². The largest absolute Gasteiger partial charge is 0.483 e. The van der Waals surface area contributed by atoms with Crippen molar-refractivity contribution in [2.45, 2.75) is 32.0 Å². The topological polar surface area (TPSA) is 64.6 Å². The molecule has 3 aliphatic heterocycles. The first-order chi connectivity index (χ1) is 16.7. The summed E-state index contributed by atoms with van der Waals surface area (Å²) in [6.07, 6.45) is 1.98. The molecule has 0 saturated carbocycles. The third kappa shape index (κ3) is 3.36. The van der Waals surface area contributed by atoms with Crippen molar-refractivity contribution < 1.29 is 9.13 Å². The molecule has 0 bridgehead atoms. The summed E-state index contributed by atoms with van der Waals surface area (Å²) < 4.78 is 24.1. The second-order valence-corrected chi connectivity index (χ2v) is 9.99. The fourth-order valence-corrected chi connectivity index (χ4v) is 5.46. The van der Waals surface area contributed by atoms with Crippen LogP contribution in [0.15, 0.2) is 63.7 Å². The molecule has 3 aliphatic rings. The molecule has 8 nitrogen and oxygen atoms in total. The maximum Gasteiger partial charge on any atom is 0.352 e. The van der Waals surface area contributed by atoms with Gasteiger partial charge in [-0.1, -0.05) is 12.1 Å². The molecule has 6 rings (SSSR count). The molecule has 1 aromatic heterocycles. The zero-order chi connectivity index (χ0) is 24.5. The van der Waals surface area contributed by atoms with Gasteiger partial charge in [-0.2, -0.15) is 0 Å². The van der Waals surface area contributed by atoms with E-state index in [4.69, 9.17) is 4.74 Å². The van der Waals surface area contributed by atoms with Crippen LogP contribution in [0.5, 0.6) is 5.75 Å². The van der Waals surface area contributed by atoms with Gasteiger partial charge in [0.25, 0.3) is 0 Å². The van der Waals surface area contributed by atoms with Crippen LogP contribution in [-0.2, 0) is 6.54 Å². The number of ether oxygens (including phenoxy) is 1. The third-order valence-electron chi connectivity index (χ3n) is 7.39. The SMILES string of the molecule is CN1CCN(c2ccc3c(c2)OC(C)(C)C2=CCn4c(=O)n(-c5ccc(F)cc5)c(=O)n4C23)CC1. The first-order valence-corrected chi connectivity index (χ1v) is 11.9. The van der Waals surface area contributed by atoms with E-state index in [0.717, 1.165) is 53.3 Å². The number of piperazine rings is 1. The molecule has 2 aromatic carbocycles. The second kappa shape index (κ2) is 7.71. The van der Waals surface area contributed by atoms with Crippen LogP contribution in [0.2, 0.25) is 0 Å². The number of hydrogen-bond acceptors (Lipinski definition) is 5. The number of aromatic nitrogens is 3. The fraction of sp³-hybridized carbons (Fsp3) is 0.385. The van der Waals surface area contributed by atoms with E-state index in [1.165, 1.54) is 33.6 Å². The van der Waals surface area contributed by atoms with Gasteiger partial charge in [-0.25, -0.2) is 27.9 Å². The number of fused-ring (bicyclic) bond motifs is 5. The van der Waals surface area contributed by atoms with Gasteiger partial charge in [0.2, 0.25) is 0 Å². The Hall–Kier alpha value is -3.59. The molecule has 0 aliphatic carbocycles. The van der Waals surface area contributed by atoms with Gasteiger partial charge in [0.15, 0.2) is 0 Å². The summed E-state index contributed by atoms with van der Waals surface area (Å²) >= 11 is 0. The monoisotopic (exact) mass is 477 g/mol. The average Bonchev–Trinajstić information content (AvgIpc) is 3.09. The smallest absolute Gasteiger partial charge is 0.352 e. The van der Waals surface area contributed by atoms with Crippen LogP contribution < -0.4 is 21.0 Å². The fourth-order valence-electron chi connectivity index (χ4n) is 5.46. The second-order valence-electron chi connectivity index (χ2n) is 9.99. The molecular weight excluding hydrogens is 449 g/mol. The Morgan fingerprint density at radius 1 is 0.943 bits per heavy atom. The van der Waals surface area contributed by atoms with E-state index in [1.807, 2.05) is 26.0 Å². The highest BCUT2D eigenvalue weighted by Gasteiger charge is 2.44. The van der Waals surface area contributed by atoms with Crippen LogP contribution in [-0.4, -0.2) is 57.7 Å². The standard InChI is InChI=1S/C26H28FN5O3/c1-26(2)21-10-11-30-24(33)31(18-6-4-17(27)5-7-18)25(34)32(30)23(21)20-9-8-19(16-22(20)35-26)29-14-12-28(3)13-15-29/h4-10,16,23H,11-15H2,1-3H3. The first kappa shape index (κ1) is 21.9. The van der Waals surface area contributed by atoms with Gasteiger partial charge >= 0.3 is 11.4 Å². The van der Waals surface area contributed by atoms with Crippen molar-refractivity contribution in [2.24, 2.45) is 0 Å². The van der Waals surface area contributed by atoms with E-state index in [1.54, 1.807) is 0 Å². The molecule has 0 amide bonds. The van der Waals surface area contributed by atoms with E-state index < -0.39 is 28.8 Å². The summed E-state index contributed by atoms with van der Waals surface area (Å²) in [5.74, 6) is 0.294. The highest BCUT2D eigenvalue weighted by Crippen LogP contribution is 2.47. The maximum atomic E-state index is 13.7. The molecule has 35 heavy (non-hydrogen) atoms. The van der Waals surface area contributed by atoms with Crippen molar-refractivity contribution in [3.05, 3.63) is 86.5 Å². The minimum Gasteiger partial charge on any atom is -0.483 e. The zero-order valence-electron chi connectivity index (χ0n) is 20.1. The molecule has 182 valence electrons. The number of allylic oxidation sites excluding steroid dienone is 1. The van der Waals surface area contributed by atoms with Crippen LogP contribution in [0.3, 0.4) is 0 Å². The number of anilines is 1. The summed E-state index contributed by atoms with van der Waals surface area (Å²) in [7, 11) is 2.13. The lowest BCUT2D eigenvalue weighted by Gasteiger charge is -2.43. The third-order valence-corrected chi connectivity index (χ3v) is 7.39. The van der Waals surface area contributed by atoms with Gasteiger partial charge < -0.3 is 14.5 Å². The number of rotatable bonds is 2. The molecule has 9 heteroatoms. The lowest BCUT2D eigenvalue weighted by atomic mass is 9.83. The van der Waals surface area contributed by atoms with E-state index in [9.17, 15) is 14.0 Å². The predicted molar refractivity (Wildman–Crippen MR) is 131 cm³/mol. The summed E-state index contributed by atoms with van der Waals surface area (Å²) in [6.45, 7) is 8.12. The van der Waals surface area contributed by atoms with Crippen molar-refractivity contribution in [2.75, 3.05) is 38.1 Å². The van der Waals surface area contributed by atoms with Crippen LogP contribution >= 0.6 is 0 Å². The Balaban J connectivity index is 1.49. The molecule has 1 atom stereocenters. The Bertz CT molecular complexity index is 1460. The Morgan fingerprint density at radius 2 is 1.63 bits per heavy atom. The molecule has 4 heterocycles. The average molecular weight is 478 g/mol. The number of benzene rings is 2. The molecule has 3 aromatic rings. The summed E-state index contributed by atoms with van der Waals surface area (Å²) in [6, 6.07) is 11.1. The van der Waals surface area contributed by atoms with Crippen molar-refractivity contribution in [3.8, 4) is 11.4 Å². The lowest BCUT2D eigenvalue weighted by Crippen LogP contribution is -2.46. The van der Waals surface area contributed by atoms with E-state index in [2.05, 4.69) is 29.0 Å². The number of halogens is 1. The first-order valence-electron chi connectivity index (χ1n) is 11.9. The van der Waals surface area contributed by atoms with E-state index in [-0.39, 0.29) is 6.54 Å². The van der Waals surface area contributed by atoms with Gasteiger partial charge in [0.05, 0.1) is 12.2 Å². The van der Waals surface area contributed by atoms with Gasteiger partial charge in [-0.05, 0) is 56.8 Å². The Labute approximate surface area is 202 Å². The molecule has 1 unspecified atom stereocenters. The van der Waals surface area contributed by atoms with Crippen molar-refractivity contribution in [1.82, 2.24) is 18.8 Å². The van der Waals surface area contributed by atoms with Gasteiger partial charge in [0.1, 0.15) is 23.2 Å². The van der Waals surface area contributed by atoms with Crippen LogP contribution in [0.1, 0.15) is 25.5 Å². The molecular formula is C26H28FN5O3. The summed E-state index contributed by atoms with van der Waals surface area (Å²) in [5.41, 5.74) is 1.66. The van der Waals surface area contributed by atoms with Crippen LogP contribution in [0.25, 0.3) is 5.69 Å². The highest BCUT2D eigenvalue weighted by atomic mass is 19.1. The lowest BCUT2D eigenvalue weighted by molar-refractivity contribution is 0.113. The van der Waals surface area contributed by atoms with Crippen molar-refractivity contribution in [3.63, 3.8) is 0 Å². The number of likely N-dealkylation sites (N-methyl/N-ethyl adjacent to an activating group) is 1. The van der Waals surface area contributed by atoms with Crippen molar-refractivity contribution >= 4 is 5.69 Å². The Kier molecular flexibility index (Phi) is 4.83. The molecule has 0 radical (unpaired) electrons. The van der Waals surface area contributed by atoms with E-state index in [0.29, 0.717) is 5.69 Å². The van der Waals surface area contributed by atoms with Crippen LogP contribution in [0, 0.1) is 5.82 Å². The predicted octanol–water partition coefficient (Wildman–Crippen LogP) is 2.39.